The first kappa shape index (κ1) is 22.7. The lowest BCUT2D eigenvalue weighted by atomic mass is 10.0. The highest BCUT2D eigenvalue weighted by molar-refractivity contribution is 7.09. The van der Waals surface area contributed by atoms with Gasteiger partial charge in [0.25, 0.3) is 11.6 Å². The molecule has 5 rings (SSSR count). The first-order chi connectivity index (χ1) is 16.8. The third-order valence-corrected chi connectivity index (χ3v) is 6.15. The summed E-state index contributed by atoms with van der Waals surface area (Å²) in [7, 11) is 0. The van der Waals surface area contributed by atoms with Gasteiger partial charge in [0.15, 0.2) is 0 Å². The normalized spacial score (nSPS) is 11.7. The maximum Gasteiger partial charge on any atom is 0.417 e. The first-order valence-corrected chi connectivity index (χ1v) is 11.3. The smallest absolute Gasteiger partial charge is 0.345 e. The van der Waals surface area contributed by atoms with E-state index in [0.29, 0.717) is 16.1 Å². The maximum atomic E-state index is 13.6. The zero-order valence-corrected chi connectivity index (χ0v) is 18.9. The van der Waals surface area contributed by atoms with Crippen LogP contribution in [0.25, 0.3) is 33.6 Å². The van der Waals surface area contributed by atoms with Crippen molar-refractivity contribution in [3.63, 3.8) is 0 Å². The number of hydrogen-bond acceptors (Lipinski definition) is 7. The summed E-state index contributed by atoms with van der Waals surface area (Å²) in [5.41, 5.74) is 1.10. The van der Waals surface area contributed by atoms with Gasteiger partial charge in [0, 0.05) is 28.9 Å². The number of fused-ring (bicyclic) bond motifs is 1. The van der Waals surface area contributed by atoms with E-state index in [-0.39, 0.29) is 29.1 Å². The van der Waals surface area contributed by atoms with E-state index in [1.807, 2.05) is 17.5 Å². The Bertz CT molecular complexity index is 1530. The number of carbonyl (C=O) groups excluding carboxylic acids is 1. The molecule has 0 radical (unpaired) electrons. The number of aryl methyl sites for hydroxylation is 1. The molecule has 4 heterocycles. The zero-order valence-electron chi connectivity index (χ0n) is 18.1. The highest BCUT2D eigenvalue weighted by Gasteiger charge is 2.34. The van der Waals surface area contributed by atoms with Crippen LogP contribution in [0.4, 0.5) is 13.2 Å². The number of hydrogen-bond donors (Lipinski definition) is 1. The van der Waals surface area contributed by atoms with Gasteiger partial charge in [0.1, 0.15) is 5.01 Å². The molecule has 0 bridgehead atoms. The van der Waals surface area contributed by atoms with Gasteiger partial charge in [-0.1, -0.05) is 23.4 Å². The van der Waals surface area contributed by atoms with Crippen molar-refractivity contribution in [1.29, 1.82) is 0 Å². The summed E-state index contributed by atoms with van der Waals surface area (Å²) in [5, 5.41) is 9.51. The molecular weight excluding hydrogens is 479 g/mol. The summed E-state index contributed by atoms with van der Waals surface area (Å²) in [6, 6.07) is 10.0. The van der Waals surface area contributed by atoms with Crippen molar-refractivity contribution in [1.82, 2.24) is 25.4 Å². The minimum atomic E-state index is -4.59. The lowest BCUT2D eigenvalue weighted by molar-refractivity contribution is -0.137. The number of rotatable bonds is 5. The van der Waals surface area contributed by atoms with Crippen molar-refractivity contribution in [3.8, 4) is 22.5 Å². The third kappa shape index (κ3) is 4.50. The number of thiazole rings is 1. The second-order valence-corrected chi connectivity index (χ2v) is 8.53. The molecule has 11 heteroatoms. The Morgan fingerprint density at radius 1 is 1.09 bits per heavy atom. The molecule has 0 fully saturated rings. The Kier molecular flexibility index (Phi) is 5.77. The Balaban J connectivity index is 1.47. The number of alkyl halides is 3. The standard InChI is InChI=1S/C24H16F3N5O2S/c1-13-21-16(22(33)29-11-20-30-19(12-35-20)14-6-8-28-9-7-14)10-18(31-23(21)34-32-13)15-4-2-3-5-17(15)24(25,26)27/h2-10,12H,11H2,1H3,(H,29,33). The minimum absolute atomic E-state index is 0.0173. The molecule has 4 aromatic heterocycles. The summed E-state index contributed by atoms with van der Waals surface area (Å²) in [5.74, 6) is -0.505. The molecule has 0 atom stereocenters. The molecule has 0 saturated carbocycles. The van der Waals surface area contributed by atoms with Crippen molar-refractivity contribution in [3.05, 3.63) is 82.1 Å². The molecule has 35 heavy (non-hydrogen) atoms. The molecule has 0 spiro atoms. The van der Waals surface area contributed by atoms with E-state index in [0.717, 1.165) is 17.3 Å². The van der Waals surface area contributed by atoms with Crippen LogP contribution in [0.5, 0.6) is 0 Å². The largest absolute Gasteiger partial charge is 0.417 e. The maximum absolute atomic E-state index is 13.6. The minimum Gasteiger partial charge on any atom is -0.345 e. The van der Waals surface area contributed by atoms with Crippen LogP contribution in [0.1, 0.15) is 26.6 Å². The quantitative estimate of drug-likeness (QED) is 0.338. The highest BCUT2D eigenvalue weighted by atomic mass is 32.1. The molecule has 0 aliphatic heterocycles. The van der Waals surface area contributed by atoms with Crippen LogP contribution >= 0.6 is 11.3 Å². The molecule has 7 nitrogen and oxygen atoms in total. The van der Waals surface area contributed by atoms with Crippen LogP contribution in [-0.2, 0) is 12.7 Å². The van der Waals surface area contributed by atoms with Gasteiger partial charge < -0.3 is 9.84 Å². The summed E-state index contributed by atoms with van der Waals surface area (Å²) >= 11 is 1.38. The van der Waals surface area contributed by atoms with E-state index >= 15 is 0 Å². The van der Waals surface area contributed by atoms with E-state index in [9.17, 15) is 18.0 Å². The van der Waals surface area contributed by atoms with E-state index in [1.54, 1.807) is 19.3 Å². The van der Waals surface area contributed by atoms with Gasteiger partial charge in [0.05, 0.1) is 40.1 Å². The number of amides is 1. The van der Waals surface area contributed by atoms with Gasteiger partial charge in [-0.25, -0.2) is 9.97 Å². The number of nitrogens with one attached hydrogen (secondary N) is 1. The summed E-state index contributed by atoms with van der Waals surface area (Å²) in [4.78, 5) is 25.9. The number of aromatic nitrogens is 4. The predicted octanol–water partition coefficient (Wildman–Crippen LogP) is 5.67. The van der Waals surface area contributed by atoms with Crippen LogP contribution in [0.3, 0.4) is 0 Å². The molecule has 0 aliphatic rings. The molecule has 0 aliphatic carbocycles. The summed E-state index contributed by atoms with van der Waals surface area (Å²) in [6.07, 6.45) is -1.26. The van der Waals surface area contributed by atoms with Crippen molar-refractivity contribution < 1.29 is 22.5 Å². The van der Waals surface area contributed by atoms with Gasteiger partial charge in [-0.3, -0.25) is 9.78 Å². The number of nitrogens with zero attached hydrogens (tertiary/aromatic N) is 4. The molecule has 0 saturated heterocycles. The molecule has 176 valence electrons. The van der Waals surface area contributed by atoms with Crippen molar-refractivity contribution in [2.75, 3.05) is 0 Å². The number of pyridine rings is 2. The number of halogens is 3. The molecule has 0 unspecified atom stereocenters. The Morgan fingerprint density at radius 2 is 1.86 bits per heavy atom. The van der Waals surface area contributed by atoms with Gasteiger partial charge >= 0.3 is 6.18 Å². The van der Waals surface area contributed by atoms with Crippen molar-refractivity contribution in [2.24, 2.45) is 0 Å². The average Bonchev–Trinajstić information content (AvgIpc) is 3.49. The fourth-order valence-electron chi connectivity index (χ4n) is 3.66. The lowest BCUT2D eigenvalue weighted by Crippen LogP contribution is -2.23. The average molecular weight is 495 g/mol. The van der Waals surface area contributed by atoms with Crippen LogP contribution in [0.15, 0.2) is 64.8 Å². The van der Waals surface area contributed by atoms with Crippen LogP contribution < -0.4 is 5.32 Å². The predicted molar refractivity (Wildman–Crippen MR) is 123 cm³/mol. The molecular formula is C24H16F3N5O2S. The van der Waals surface area contributed by atoms with Gasteiger partial charge in [-0.15, -0.1) is 11.3 Å². The number of carbonyl (C=O) groups is 1. The van der Waals surface area contributed by atoms with E-state index < -0.39 is 17.6 Å². The third-order valence-electron chi connectivity index (χ3n) is 5.30. The zero-order chi connectivity index (χ0) is 24.6. The highest BCUT2D eigenvalue weighted by Crippen LogP contribution is 2.37. The Labute approximate surface area is 200 Å². The van der Waals surface area contributed by atoms with Gasteiger partial charge in [-0.2, -0.15) is 13.2 Å². The topological polar surface area (TPSA) is 93.8 Å². The molecule has 1 aromatic carbocycles. The molecule has 1 amide bonds. The van der Waals surface area contributed by atoms with E-state index in [2.05, 4.69) is 25.4 Å². The Hall–Kier alpha value is -4.12. The SMILES string of the molecule is Cc1noc2nc(-c3ccccc3C(F)(F)F)cc(C(=O)NCc3nc(-c4ccncc4)cs3)c12. The summed E-state index contributed by atoms with van der Waals surface area (Å²) in [6.45, 7) is 1.77. The first-order valence-electron chi connectivity index (χ1n) is 10.4. The molecule has 5 aromatic rings. The monoisotopic (exact) mass is 495 g/mol. The van der Waals surface area contributed by atoms with Crippen molar-refractivity contribution in [2.45, 2.75) is 19.6 Å². The van der Waals surface area contributed by atoms with E-state index in [1.165, 1.54) is 35.6 Å². The fourth-order valence-corrected chi connectivity index (χ4v) is 4.41. The van der Waals surface area contributed by atoms with Gasteiger partial charge in [0.2, 0.25) is 0 Å². The number of benzene rings is 1. The molecule has 1 N–H and O–H groups in total. The Morgan fingerprint density at radius 3 is 2.63 bits per heavy atom. The lowest BCUT2D eigenvalue weighted by Gasteiger charge is -2.13. The van der Waals surface area contributed by atoms with Crippen molar-refractivity contribution >= 4 is 28.3 Å². The fraction of sp³-hybridized carbons (Fsp3) is 0.125. The van der Waals surface area contributed by atoms with Crippen LogP contribution in [0, 0.1) is 6.92 Å². The second-order valence-electron chi connectivity index (χ2n) is 7.59. The van der Waals surface area contributed by atoms with E-state index in [4.69, 9.17) is 4.52 Å². The second kappa shape index (κ2) is 8.91. The van der Waals surface area contributed by atoms with Crippen LogP contribution in [0.2, 0.25) is 0 Å². The summed E-state index contributed by atoms with van der Waals surface area (Å²) < 4.78 is 46.0. The van der Waals surface area contributed by atoms with Gasteiger partial charge in [-0.05, 0) is 31.2 Å². The van der Waals surface area contributed by atoms with Crippen LogP contribution in [-0.4, -0.2) is 26.0 Å².